The molecule has 7 nitrogen and oxygen atoms in total. The Bertz CT molecular complexity index is 1280. The fourth-order valence-electron chi connectivity index (χ4n) is 4.16. The Labute approximate surface area is 204 Å². The summed E-state index contributed by atoms with van der Waals surface area (Å²) in [4.78, 5) is 39.3. The first-order valence-electron chi connectivity index (χ1n) is 11.1. The number of alkyl halides is 3. The second-order valence-corrected chi connectivity index (χ2v) is 8.23. The highest BCUT2D eigenvalue weighted by molar-refractivity contribution is 6.08. The molecule has 3 aromatic carbocycles. The van der Waals surface area contributed by atoms with Gasteiger partial charge in [0.05, 0.1) is 16.8 Å². The summed E-state index contributed by atoms with van der Waals surface area (Å²) in [5.74, 6) is -1.66. The minimum atomic E-state index is -4.49. The maximum atomic E-state index is 13.3. The predicted octanol–water partition coefficient (Wildman–Crippen LogP) is 5.39. The van der Waals surface area contributed by atoms with E-state index in [2.05, 4.69) is 10.6 Å². The van der Waals surface area contributed by atoms with E-state index in [-0.39, 0.29) is 23.5 Å². The number of piperidine rings is 1. The normalized spacial score (nSPS) is 15.9. The molecule has 3 aromatic rings. The van der Waals surface area contributed by atoms with E-state index in [4.69, 9.17) is 0 Å². The zero-order valence-electron chi connectivity index (χ0n) is 18.9. The van der Waals surface area contributed by atoms with E-state index in [0.29, 0.717) is 24.0 Å². The number of hydrogen-bond acceptors (Lipinski definition) is 3. The maximum Gasteiger partial charge on any atom is 0.416 e. The van der Waals surface area contributed by atoms with E-state index in [1.165, 1.54) is 4.90 Å². The van der Waals surface area contributed by atoms with Crippen molar-refractivity contribution < 1.29 is 32.7 Å². The maximum absolute atomic E-state index is 13.3. The molecule has 1 fully saturated rings. The number of carbonyl (C=O) groups is 3. The third kappa shape index (κ3) is 5.32. The first kappa shape index (κ1) is 24.8. The topological polar surface area (TPSA) is 98.7 Å². The van der Waals surface area contributed by atoms with Crippen molar-refractivity contribution in [2.24, 2.45) is 0 Å². The molecule has 0 saturated carbocycles. The Morgan fingerprint density at radius 2 is 1.64 bits per heavy atom. The van der Waals surface area contributed by atoms with Crippen molar-refractivity contribution in [3.8, 4) is 11.1 Å². The lowest BCUT2D eigenvalue weighted by Crippen LogP contribution is -2.53. The summed E-state index contributed by atoms with van der Waals surface area (Å²) in [6, 6.07) is 16.1. The van der Waals surface area contributed by atoms with E-state index in [9.17, 15) is 32.7 Å². The zero-order chi connectivity index (χ0) is 25.9. The molecule has 0 aliphatic carbocycles. The second-order valence-electron chi connectivity index (χ2n) is 8.23. The molecule has 1 unspecified atom stereocenters. The Balaban J connectivity index is 1.52. The van der Waals surface area contributed by atoms with Crippen molar-refractivity contribution in [1.29, 1.82) is 0 Å². The van der Waals surface area contributed by atoms with Crippen LogP contribution >= 0.6 is 0 Å². The van der Waals surface area contributed by atoms with E-state index in [1.807, 2.05) is 6.07 Å². The van der Waals surface area contributed by atoms with Crippen molar-refractivity contribution in [2.45, 2.75) is 25.1 Å². The van der Waals surface area contributed by atoms with Crippen LogP contribution < -0.4 is 15.5 Å². The van der Waals surface area contributed by atoms with Crippen LogP contribution in [0.5, 0.6) is 0 Å². The van der Waals surface area contributed by atoms with Crippen LogP contribution in [0.25, 0.3) is 11.1 Å². The van der Waals surface area contributed by atoms with Gasteiger partial charge in [-0.15, -0.1) is 0 Å². The lowest BCUT2D eigenvalue weighted by Gasteiger charge is -2.33. The highest BCUT2D eigenvalue weighted by Crippen LogP contribution is 2.33. The molecule has 1 aliphatic rings. The van der Waals surface area contributed by atoms with E-state index >= 15 is 0 Å². The highest BCUT2D eigenvalue weighted by Gasteiger charge is 2.34. The molecule has 36 heavy (non-hydrogen) atoms. The molecule has 1 saturated heterocycles. The van der Waals surface area contributed by atoms with Gasteiger partial charge < -0.3 is 20.6 Å². The van der Waals surface area contributed by atoms with Crippen molar-refractivity contribution in [3.63, 3.8) is 0 Å². The Kier molecular flexibility index (Phi) is 6.96. The lowest BCUT2D eigenvalue weighted by atomic mass is 9.96. The number of rotatable bonds is 5. The number of aromatic carboxylic acids is 1. The molecule has 0 radical (unpaired) electrons. The minimum Gasteiger partial charge on any atom is -0.478 e. The van der Waals surface area contributed by atoms with Gasteiger partial charge in [-0.3, -0.25) is 4.79 Å². The zero-order valence-corrected chi connectivity index (χ0v) is 18.9. The van der Waals surface area contributed by atoms with E-state index < -0.39 is 35.7 Å². The Hall–Kier alpha value is -4.34. The van der Waals surface area contributed by atoms with Gasteiger partial charge in [-0.2, -0.15) is 13.2 Å². The number of nitrogens with zero attached hydrogens (tertiary/aromatic N) is 1. The number of hydrogen-bond donors (Lipinski definition) is 3. The van der Waals surface area contributed by atoms with Gasteiger partial charge in [-0.1, -0.05) is 42.5 Å². The van der Waals surface area contributed by atoms with Crippen LogP contribution in [0.2, 0.25) is 0 Å². The molecule has 1 heterocycles. The molecule has 0 aromatic heterocycles. The van der Waals surface area contributed by atoms with Crippen LogP contribution in [0.3, 0.4) is 0 Å². The molecular weight excluding hydrogens is 475 g/mol. The van der Waals surface area contributed by atoms with E-state index in [1.54, 1.807) is 42.5 Å². The van der Waals surface area contributed by atoms with Crippen molar-refractivity contribution in [2.75, 3.05) is 16.8 Å². The molecule has 4 rings (SSSR count). The number of carbonyl (C=O) groups excluding carboxylic acids is 2. The molecule has 10 heteroatoms. The molecular formula is C26H22F3N3O4. The van der Waals surface area contributed by atoms with Gasteiger partial charge in [0.15, 0.2) is 0 Å². The third-order valence-electron chi connectivity index (χ3n) is 5.85. The smallest absolute Gasteiger partial charge is 0.416 e. The van der Waals surface area contributed by atoms with Crippen LogP contribution in [0.15, 0.2) is 72.8 Å². The van der Waals surface area contributed by atoms with Crippen LogP contribution in [-0.4, -0.2) is 35.6 Å². The summed E-state index contributed by atoms with van der Waals surface area (Å²) < 4.78 is 38.2. The fourth-order valence-corrected chi connectivity index (χ4v) is 4.16. The molecule has 1 atom stereocenters. The fraction of sp³-hybridized carbons (Fsp3) is 0.192. The molecule has 1 aliphatic heterocycles. The van der Waals surface area contributed by atoms with Gasteiger partial charge in [0, 0.05) is 12.2 Å². The molecule has 3 amide bonds. The molecule has 3 N–H and O–H groups in total. The molecule has 0 bridgehead atoms. The van der Waals surface area contributed by atoms with Gasteiger partial charge >= 0.3 is 18.2 Å². The summed E-state index contributed by atoms with van der Waals surface area (Å²) in [5, 5.41) is 14.9. The number of carboxylic acids is 1. The predicted molar refractivity (Wildman–Crippen MR) is 128 cm³/mol. The van der Waals surface area contributed by atoms with Crippen LogP contribution in [-0.2, 0) is 11.0 Å². The van der Waals surface area contributed by atoms with Crippen molar-refractivity contribution in [1.82, 2.24) is 5.32 Å². The number of benzene rings is 3. The summed E-state index contributed by atoms with van der Waals surface area (Å²) in [6.07, 6.45) is -3.66. The van der Waals surface area contributed by atoms with Crippen LogP contribution in [0.1, 0.15) is 28.8 Å². The largest absolute Gasteiger partial charge is 0.478 e. The average molecular weight is 497 g/mol. The monoisotopic (exact) mass is 497 g/mol. The van der Waals surface area contributed by atoms with Crippen LogP contribution in [0, 0.1) is 0 Å². The number of urea groups is 1. The summed E-state index contributed by atoms with van der Waals surface area (Å²) in [7, 11) is 0. The number of halogens is 3. The molecule has 0 spiro atoms. The summed E-state index contributed by atoms with van der Waals surface area (Å²) in [5.41, 5.74) is 0.633. The molecule has 186 valence electrons. The number of carboxylic acid groups (broad SMARTS) is 1. The lowest BCUT2D eigenvalue weighted by molar-refractivity contribution is -0.137. The van der Waals surface area contributed by atoms with Crippen molar-refractivity contribution >= 4 is 29.3 Å². The van der Waals surface area contributed by atoms with Crippen LogP contribution in [0.4, 0.5) is 29.3 Å². The minimum absolute atomic E-state index is 0.0214. The number of nitrogens with one attached hydrogen (secondary N) is 2. The summed E-state index contributed by atoms with van der Waals surface area (Å²) >= 11 is 0. The van der Waals surface area contributed by atoms with E-state index in [0.717, 1.165) is 24.3 Å². The second kappa shape index (κ2) is 10.1. The standard InChI is InChI=1S/C26H22F3N3O4/c27-26(28,29)17-11-13-18(14-12-17)30-25(36)31-20-9-5-15-32(23(20)33)21-10-4-8-19(22(21)24(34)35)16-6-2-1-3-7-16/h1-4,6-8,10-14,20H,5,9,15H2,(H,34,35)(H2,30,31,36). The van der Waals surface area contributed by atoms with Gasteiger partial charge in [-0.05, 0) is 54.3 Å². The van der Waals surface area contributed by atoms with Gasteiger partial charge in [0.25, 0.3) is 0 Å². The quantitative estimate of drug-likeness (QED) is 0.440. The highest BCUT2D eigenvalue weighted by atomic mass is 19.4. The Morgan fingerprint density at radius 3 is 2.28 bits per heavy atom. The summed E-state index contributed by atoms with van der Waals surface area (Å²) in [6.45, 7) is 0.274. The van der Waals surface area contributed by atoms with Gasteiger partial charge in [0.2, 0.25) is 5.91 Å². The number of anilines is 2. The first-order chi connectivity index (χ1) is 17.1. The first-order valence-corrected chi connectivity index (χ1v) is 11.1. The van der Waals surface area contributed by atoms with Gasteiger partial charge in [0.1, 0.15) is 6.04 Å². The Morgan fingerprint density at radius 1 is 0.944 bits per heavy atom. The average Bonchev–Trinajstić information content (AvgIpc) is 2.85. The third-order valence-corrected chi connectivity index (χ3v) is 5.85. The number of amides is 3. The van der Waals surface area contributed by atoms with Crippen molar-refractivity contribution in [3.05, 3.63) is 83.9 Å². The SMILES string of the molecule is O=C(Nc1ccc(C(F)(F)F)cc1)NC1CCCN(c2cccc(-c3ccccc3)c2C(=O)O)C1=O. The van der Waals surface area contributed by atoms with Gasteiger partial charge in [-0.25, -0.2) is 9.59 Å².